The molecule has 0 saturated carbocycles. The van der Waals surface area contributed by atoms with Crippen molar-refractivity contribution in [1.29, 1.82) is 0 Å². The number of aromatic nitrogens is 2. The number of carbonyl (C=O) groups excluding carboxylic acids is 1. The standard InChI is InChI=1S/C26H30N4O3/c1-5-6-11-23-22(24(31)29-26(28-23)27-17-30(2)3)16-18-12-14-19(15-13-18)20-9-7-8-10-21(20)25(32)33-4/h7-10,12-15,17H,5-6,11,16H2,1-4H3,(H,28,29,31). The molecule has 0 aliphatic rings. The van der Waals surface area contributed by atoms with Crippen molar-refractivity contribution in [3.05, 3.63) is 81.3 Å². The quantitative estimate of drug-likeness (QED) is 0.299. The first-order valence-corrected chi connectivity index (χ1v) is 11.0. The van der Waals surface area contributed by atoms with Crippen molar-refractivity contribution in [2.24, 2.45) is 4.99 Å². The average Bonchev–Trinajstić information content (AvgIpc) is 2.83. The van der Waals surface area contributed by atoms with Crippen LogP contribution in [0.3, 0.4) is 0 Å². The van der Waals surface area contributed by atoms with E-state index in [1.165, 1.54) is 7.11 Å². The van der Waals surface area contributed by atoms with Crippen LogP contribution >= 0.6 is 0 Å². The number of nitrogens with zero attached hydrogens (tertiary/aromatic N) is 3. The zero-order valence-electron chi connectivity index (χ0n) is 19.6. The summed E-state index contributed by atoms with van der Waals surface area (Å²) in [7, 11) is 5.10. The summed E-state index contributed by atoms with van der Waals surface area (Å²) in [5.41, 5.74) is 4.50. The maximum absolute atomic E-state index is 12.9. The summed E-state index contributed by atoms with van der Waals surface area (Å²) in [5.74, 6) is -0.0526. The largest absolute Gasteiger partial charge is 0.465 e. The fourth-order valence-corrected chi connectivity index (χ4v) is 3.53. The van der Waals surface area contributed by atoms with Gasteiger partial charge in [0.2, 0.25) is 5.95 Å². The van der Waals surface area contributed by atoms with Crippen LogP contribution < -0.4 is 5.56 Å². The third-order valence-electron chi connectivity index (χ3n) is 5.24. The van der Waals surface area contributed by atoms with Crippen LogP contribution in [0.2, 0.25) is 0 Å². The Balaban J connectivity index is 1.91. The molecule has 0 bridgehead atoms. The molecule has 0 saturated heterocycles. The SMILES string of the molecule is CCCCc1nc(N=CN(C)C)[nH]c(=O)c1Cc1ccc(-c2ccccc2C(=O)OC)cc1. The topological polar surface area (TPSA) is 87.7 Å². The summed E-state index contributed by atoms with van der Waals surface area (Å²) in [6, 6.07) is 15.2. The Hall–Kier alpha value is -3.74. The molecule has 172 valence electrons. The Morgan fingerprint density at radius 3 is 2.55 bits per heavy atom. The molecule has 1 heterocycles. The highest BCUT2D eigenvalue weighted by Crippen LogP contribution is 2.25. The summed E-state index contributed by atoms with van der Waals surface area (Å²) in [5, 5.41) is 0. The van der Waals surface area contributed by atoms with Gasteiger partial charge in [-0.05, 0) is 35.6 Å². The molecule has 0 amide bonds. The number of methoxy groups -OCH3 is 1. The number of ether oxygens (including phenoxy) is 1. The van der Waals surface area contributed by atoms with Gasteiger partial charge in [0.1, 0.15) is 0 Å². The molecule has 0 unspecified atom stereocenters. The summed E-state index contributed by atoms with van der Waals surface area (Å²) in [4.78, 5) is 38.4. The maximum Gasteiger partial charge on any atom is 0.338 e. The second-order valence-electron chi connectivity index (χ2n) is 8.04. The number of hydrogen-bond donors (Lipinski definition) is 1. The van der Waals surface area contributed by atoms with Crippen molar-refractivity contribution in [3.63, 3.8) is 0 Å². The molecule has 0 radical (unpaired) electrons. The first-order chi connectivity index (χ1) is 15.9. The van der Waals surface area contributed by atoms with Crippen LogP contribution in [0.1, 0.15) is 46.9 Å². The van der Waals surface area contributed by atoms with Crippen LogP contribution in [0, 0.1) is 0 Å². The number of rotatable bonds is 9. The van der Waals surface area contributed by atoms with E-state index >= 15 is 0 Å². The van der Waals surface area contributed by atoms with Crippen LogP contribution in [0.25, 0.3) is 11.1 Å². The predicted octanol–water partition coefficient (Wildman–Crippen LogP) is 4.38. The van der Waals surface area contributed by atoms with E-state index in [0.29, 0.717) is 23.5 Å². The first kappa shape index (κ1) is 23.9. The summed E-state index contributed by atoms with van der Waals surface area (Å²) < 4.78 is 4.90. The zero-order valence-corrected chi connectivity index (χ0v) is 19.6. The number of H-pyrrole nitrogens is 1. The smallest absolute Gasteiger partial charge is 0.338 e. The average molecular weight is 447 g/mol. The molecular weight excluding hydrogens is 416 g/mol. The molecular formula is C26H30N4O3. The molecule has 0 spiro atoms. The summed E-state index contributed by atoms with van der Waals surface area (Å²) in [6.45, 7) is 2.11. The lowest BCUT2D eigenvalue weighted by molar-refractivity contribution is 0.0601. The zero-order chi connectivity index (χ0) is 23.8. The van der Waals surface area contributed by atoms with E-state index in [9.17, 15) is 9.59 Å². The van der Waals surface area contributed by atoms with E-state index in [1.54, 1.807) is 17.3 Å². The first-order valence-electron chi connectivity index (χ1n) is 11.0. The predicted molar refractivity (Wildman–Crippen MR) is 131 cm³/mol. The van der Waals surface area contributed by atoms with Crippen molar-refractivity contribution in [2.75, 3.05) is 21.2 Å². The highest BCUT2D eigenvalue weighted by molar-refractivity contribution is 5.97. The second kappa shape index (κ2) is 11.2. The van der Waals surface area contributed by atoms with E-state index < -0.39 is 0 Å². The second-order valence-corrected chi connectivity index (χ2v) is 8.04. The Labute approximate surface area is 194 Å². The fourth-order valence-electron chi connectivity index (χ4n) is 3.53. The number of nitrogens with one attached hydrogen (secondary N) is 1. The van der Waals surface area contributed by atoms with Crippen molar-refractivity contribution in [2.45, 2.75) is 32.6 Å². The van der Waals surface area contributed by atoms with Gasteiger partial charge in [-0.2, -0.15) is 0 Å². The lowest BCUT2D eigenvalue weighted by Gasteiger charge is -2.11. The molecule has 7 nitrogen and oxygen atoms in total. The van der Waals surface area contributed by atoms with Gasteiger partial charge in [0.25, 0.3) is 5.56 Å². The fraction of sp³-hybridized carbons (Fsp3) is 0.308. The van der Waals surface area contributed by atoms with Gasteiger partial charge in [-0.25, -0.2) is 14.8 Å². The van der Waals surface area contributed by atoms with E-state index in [2.05, 4.69) is 21.9 Å². The number of benzene rings is 2. The monoisotopic (exact) mass is 446 g/mol. The minimum absolute atomic E-state index is 0.165. The molecule has 0 fully saturated rings. The van der Waals surface area contributed by atoms with Gasteiger partial charge in [0.05, 0.1) is 24.7 Å². The number of hydrogen-bond acceptors (Lipinski definition) is 5. The van der Waals surface area contributed by atoms with Gasteiger partial charge in [0.15, 0.2) is 0 Å². The molecule has 2 aromatic carbocycles. The van der Waals surface area contributed by atoms with E-state index in [4.69, 9.17) is 4.74 Å². The Morgan fingerprint density at radius 2 is 1.88 bits per heavy atom. The van der Waals surface area contributed by atoms with Crippen LogP contribution in [0.5, 0.6) is 0 Å². The van der Waals surface area contributed by atoms with E-state index in [0.717, 1.165) is 41.6 Å². The van der Waals surface area contributed by atoms with Crippen molar-refractivity contribution >= 4 is 18.3 Å². The minimum Gasteiger partial charge on any atom is -0.465 e. The van der Waals surface area contributed by atoms with Crippen LogP contribution in [0.15, 0.2) is 58.3 Å². The Bertz CT molecular complexity index is 1180. The molecule has 7 heteroatoms. The third kappa shape index (κ3) is 6.16. The van der Waals surface area contributed by atoms with Crippen LogP contribution in [-0.4, -0.2) is 48.4 Å². The van der Waals surface area contributed by atoms with Gasteiger partial charge in [-0.15, -0.1) is 0 Å². The molecule has 1 N–H and O–H groups in total. The normalized spacial score (nSPS) is 11.0. The molecule has 0 aliphatic heterocycles. The molecule has 33 heavy (non-hydrogen) atoms. The van der Waals surface area contributed by atoms with Crippen molar-refractivity contribution in [1.82, 2.24) is 14.9 Å². The van der Waals surface area contributed by atoms with Gasteiger partial charge >= 0.3 is 5.97 Å². The molecule has 3 rings (SSSR count). The van der Waals surface area contributed by atoms with Gasteiger partial charge in [-0.1, -0.05) is 55.8 Å². The van der Waals surface area contributed by atoms with Gasteiger partial charge in [0, 0.05) is 26.1 Å². The Kier molecular flexibility index (Phi) is 8.13. The Morgan fingerprint density at radius 1 is 1.15 bits per heavy atom. The van der Waals surface area contributed by atoms with E-state index in [-0.39, 0.29) is 11.5 Å². The van der Waals surface area contributed by atoms with Gasteiger partial charge in [-0.3, -0.25) is 9.78 Å². The van der Waals surface area contributed by atoms with Crippen molar-refractivity contribution < 1.29 is 9.53 Å². The molecule has 0 aliphatic carbocycles. The lowest BCUT2D eigenvalue weighted by atomic mass is 9.96. The number of carbonyl (C=O) groups is 1. The highest BCUT2D eigenvalue weighted by Gasteiger charge is 2.14. The number of aliphatic imine (C=N–C) groups is 1. The number of unbranched alkanes of at least 4 members (excludes halogenated alkanes) is 1. The molecule has 1 aromatic heterocycles. The van der Waals surface area contributed by atoms with Crippen molar-refractivity contribution in [3.8, 4) is 11.1 Å². The molecule has 0 atom stereocenters. The maximum atomic E-state index is 12.9. The summed E-state index contributed by atoms with van der Waals surface area (Å²) >= 11 is 0. The summed E-state index contributed by atoms with van der Waals surface area (Å²) in [6.07, 6.45) is 4.78. The molecule has 3 aromatic rings. The van der Waals surface area contributed by atoms with Crippen LogP contribution in [-0.2, 0) is 17.6 Å². The van der Waals surface area contributed by atoms with Gasteiger partial charge < -0.3 is 9.64 Å². The van der Waals surface area contributed by atoms with E-state index in [1.807, 2.05) is 56.6 Å². The number of esters is 1. The minimum atomic E-state index is -0.370. The number of aromatic amines is 1. The highest BCUT2D eigenvalue weighted by atomic mass is 16.5. The third-order valence-corrected chi connectivity index (χ3v) is 5.24. The van der Waals surface area contributed by atoms with Crippen LogP contribution in [0.4, 0.5) is 5.95 Å². The lowest BCUT2D eigenvalue weighted by Crippen LogP contribution is -2.18. The number of aryl methyl sites for hydroxylation is 1.